The van der Waals surface area contributed by atoms with Crippen molar-refractivity contribution in [1.82, 2.24) is 0 Å². The van der Waals surface area contributed by atoms with E-state index >= 15 is 0 Å². The van der Waals surface area contributed by atoms with Crippen LogP contribution in [0, 0.1) is 0 Å². The molecule has 1 aromatic rings. The molecule has 0 aromatic heterocycles. The van der Waals surface area contributed by atoms with Gasteiger partial charge in [0.2, 0.25) is 0 Å². The fourth-order valence-corrected chi connectivity index (χ4v) is 1.64. The van der Waals surface area contributed by atoms with Crippen LogP contribution in [0.2, 0.25) is 5.02 Å². The lowest BCUT2D eigenvalue weighted by atomic mass is 10.1. The topological polar surface area (TPSA) is 72.5 Å². The van der Waals surface area contributed by atoms with Gasteiger partial charge in [-0.1, -0.05) is 11.6 Å². The second kappa shape index (κ2) is 4.06. The highest BCUT2D eigenvalue weighted by Gasteiger charge is 2.18. The second-order valence-corrected chi connectivity index (χ2v) is 3.70. The van der Waals surface area contributed by atoms with E-state index in [-0.39, 0.29) is 22.0 Å². The number of nitrogens with two attached hydrogens (primary N) is 1. The van der Waals surface area contributed by atoms with E-state index in [1.54, 1.807) is 0 Å². The normalized spacial score (nSPS) is 9.93. The molecule has 0 aliphatic rings. The number of carboxylic acids is 1. The van der Waals surface area contributed by atoms with Crippen molar-refractivity contribution < 1.29 is 14.6 Å². The number of halogens is 2. The van der Waals surface area contributed by atoms with E-state index in [2.05, 4.69) is 15.9 Å². The number of hydrogen-bond donors (Lipinski definition) is 2. The zero-order valence-corrected chi connectivity index (χ0v) is 9.52. The summed E-state index contributed by atoms with van der Waals surface area (Å²) < 4.78 is 5.33. The number of ether oxygens (including phenoxy) is 1. The van der Waals surface area contributed by atoms with Crippen LogP contribution in [0.5, 0.6) is 5.75 Å². The third-order valence-corrected chi connectivity index (χ3v) is 2.88. The molecule has 0 saturated heterocycles. The molecule has 0 fully saturated rings. The highest BCUT2D eigenvalue weighted by Crippen LogP contribution is 2.39. The zero-order chi connectivity index (χ0) is 10.9. The van der Waals surface area contributed by atoms with E-state index in [1.807, 2.05) is 0 Å². The minimum Gasteiger partial charge on any atom is -0.493 e. The standard InChI is InChI=1S/C8H7BrClNO3/c1-14-7-5(10)4(9)2-3(6(7)11)8(12)13/h2H,11H2,1H3,(H,12,13). The first-order chi connectivity index (χ1) is 6.49. The predicted molar refractivity (Wildman–Crippen MR) is 57.1 cm³/mol. The molecule has 6 heteroatoms. The van der Waals surface area contributed by atoms with Crippen LogP contribution in [0.25, 0.3) is 0 Å². The van der Waals surface area contributed by atoms with E-state index in [1.165, 1.54) is 13.2 Å². The molecule has 14 heavy (non-hydrogen) atoms. The van der Waals surface area contributed by atoms with Gasteiger partial charge >= 0.3 is 5.97 Å². The van der Waals surface area contributed by atoms with Crippen LogP contribution in [-0.2, 0) is 0 Å². The molecule has 0 spiro atoms. The smallest absolute Gasteiger partial charge is 0.337 e. The van der Waals surface area contributed by atoms with Crippen LogP contribution in [0.4, 0.5) is 5.69 Å². The molecular formula is C8H7BrClNO3. The monoisotopic (exact) mass is 279 g/mol. The van der Waals surface area contributed by atoms with Gasteiger partial charge in [-0.15, -0.1) is 0 Å². The van der Waals surface area contributed by atoms with Gasteiger partial charge in [0.1, 0.15) is 0 Å². The molecule has 0 saturated carbocycles. The van der Waals surface area contributed by atoms with Crippen molar-refractivity contribution in [3.8, 4) is 5.75 Å². The van der Waals surface area contributed by atoms with Crippen molar-refractivity contribution >= 4 is 39.2 Å². The maximum absolute atomic E-state index is 10.8. The number of nitrogen functional groups attached to an aromatic ring is 1. The minimum atomic E-state index is -1.13. The van der Waals surface area contributed by atoms with Gasteiger partial charge in [0.25, 0.3) is 0 Å². The van der Waals surface area contributed by atoms with Crippen LogP contribution in [-0.4, -0.2) is 18.2 Å². The Morgan fingerprint density at radius 1 is 1.71 bits per heavy atom. The van der Waals surface area contributed by atoms with Crippen LogP contribution in [0.1, 0.15) is 10.4 Å². The van der Waals surface area contributed by atoms with Gasteiger partial charge in [0.15, 0.2) is 5.75 Å². The number of carboxylic acid groups (broad SMARTS) is 1. The lowest BCUT2D eigenvalue weighted by Gasteiger charge is -2.10. The molecule has 0 atom stereocenters. The Morgan fingerprint density at radius 3 is 2.71 bits per heavy atom. The van der Waals surface area contributed by atoms with Gasteiger partial charge in [-0.3, -0.25) is 0 Å². The van der Waals surface area contributed by atoms with Crippen LogP contribution in [0.3, 0.4) is 0 Å². The molecule has 0 aliphatic heterocycles. The molecule has 0 radical (unpaired) electrons. The summed E-state index contributed by atoms with van der Waals surface area (Å²) in [7, 11) is 1.37. The van der Waals surface area contributed by atoms with Gasteiger partial charge in [-0.05, 0) is 22.0 Å². The summed E-state index contributed by atoms with van der Waals surface area (Å²) in [6.45, 7) is 0. The zero-order valence-electron chi connectivity index (χ0n) is 7.17. The lowest BCUT2D eigenvalue weighted by molar-refractivity contribution is 0.0697. The third kappa shape index (κ3) is 1.78. The molecule has 0 bridgehead atoms. The first kappa shape index (κ1) is 11.1. The third-order valence-electron chi connectivity index (χ3n) is 1.65. The van der Waals surface area contributed by atoms with Gasteiger partial charge in [0.05, 0.1) is 23.4 Å². The summed E-state index contributed by atoms with van der Waals surface area (Å²) in [5, 5.41) is 9.06. The largest absolute Gasteiger partial charge is 0.493 e. The fourth-order valence-electron chi connectivity index (χ4n) is 0.993. The molecule has 0 unspecified atom stereocenters. The second-order valence-electron chi connectivity index (χ2n) is 2.47. The maximum Gasteiger partial charge on any atom is 0.337 e. The molecule has 0 amide bonds. The maximum atomic E-state index is 10.8. The van der Waals surface area contributed by atoms with Crippen molar-refractivity contribution in [2.24, 2.45) is 0 Å². The van der Waals surface area contributed by atoms with Gasteiger partial charge in [-0.25, -0.2) is 4.79 Å². The summed E-state index contributed by atoms with van der Waals surface area (Å²) in [5.41, 5.74) is 5.53. The number of anilines is 1. The van der Waals surface area contributed by atoms with E-state index in [4.69, 9.17) is 27.2 Å². The average molecular weight is 281 g/mol. The van der Waals surface area contributed by atoms with Crippen molar-refractivity contribution in [3.05, 3.63) is 21.1 Å². The van der Waals surface area contributed by atoms with Gasteiger partial charge in [0, 0.05) is 4.47 Å². The summed E-state index contributed by atoms with van der Waals surface area (Å²) in [4.78, 5) is 10.8. The highest BCUT2D eigenvalue weighted by atomic mass is 79.9. The van der Waals surface area contributed by atoms with Gasteiger partial charge in [-0.2, -0.15) is 0 Å². The van der Waals surface area contributed by atoms with Crippen molar-refractivity contribution in [1.29, 1.82) is 0 Å². The van der Waals surface area contributed by atoms with E-state index in [0.29, 0.717) is 4.47 Å². The average Bonchev–Trinajstić information content (AvgIpc) is 2.12. The van der Waals surface area contributed by atoms with Crippen LogP contribution < -0.4 is 10.5 Å². The predicted octanol–water partition coefficient (Wildman–Crippen LogP) is 2.39. The Labute approximate surface area is 93.7 Å². The Morgan fingerprint density at radius 2 is 2.29 bits per heavy atom. The number of methoxy groups -OCH3 is 1. The summed E-state index contributed by atoms with van der Waals surface area (Å²) in [6.07, 6.45) is 0. The van der Waals surface area contributed by atoms with Crippen molar-refractivity contribution in [3.63, 3.8) is 0 Å². The van der Waals surface area contributed by atoms with Crippen LogP contribution >= 0.6 is 27.5 Å². The number of hydrogen-bond acceptors (Lipinski definition) is 3. The van der Waals surface area contributed by atoms with Crippen LogP contribution in [0.15, 0.2) is 10.5 Å². The van der Waals surface area contributed by atoms with E-state index in [9.17, 15) is 4.79 Å². The lowest BCUT2D eigenvalue weighted by Crippen LogP contribution is -2.05. The number of benzene rings is 1. The first-order valence-electron chi connectivity index (χ1n) is 3.53. The van der Waals surface area contributed by atoms with Crippen molar-refractivity contribution in [2.45, 2.75) is 0 Å². The summed E-state index contributed by atoms with van der Waals surface area (Å²) in [5.74, 6) is -0.961. The molecule has 76 valence electrons. The molecule has 3 N–H and O–H groups in total. The van der Waals surface area contributed by atoms with Gasteiger partial charge < -0.3 is 15.6 Å². The Hall–Kier alpha value is -0.940. The number of rotatable bonds is 2. The highest BCUT2D eigenvalue weighted by molar-refractivity contribution is 9.10. The molecule has 1 aromatic carbocycles. The molecule has 1 rings (SSSR count). The quantitative estimate of drug-likeness (QED) is 0.816. The molecular weight excluding hydrogens is 273 g/mol. The molecule has 0 heterocycles. The molecule has 0 aliphatic carbocycles. The Kier molecular flexibility index (Phi) is 3.23. The minimum absolute atomic E-state index is 0.0215. The Balaban J connectivity index is 3.50. The first-order valence-corrected chi connectivity index (χ1v) is 4.71. The fraction of sp³-hybridized carbons (Fsp3) is 0.125. The van der Waals surface area contributed by atoms with Crippen molar-refractivity contribution in [2.75, 3.05) is 12.8 Å². The van der Waals surface area contributed by atoms with E-state index < -0.39 is 5.97 Å². The summed E-state index contributed by atoms with van der Waals surface area (Å²) in [6, 6.07) is 1.34. The number of aromatic carboxylic acids is 1. The SMILES string of the molecule is COc1c(N)c(C(=O)O)cc(Br)c1Cl. The van der Waals surface area contributed by atoms with E-state index in [0.717, 1.165) is 0 Å². The number of carbonyl (C=O) groups is 1. The summed E-state index contributed by atoms with van der Waals surface area (Å²) >= 11 is 8.94. The molecule has 4 nitrogen and oxygen atoms in total. The Bertz CT molecular complexity index is 395.